The van der Waals surface area contributed by atoms with E-state index in [1.165, 1.54) is 6.20 Å². The number of hydrogen-bond donors (Lipinski definition) is 1. The zero-order chi connectivity index (χ0) is 17.4. The fraction of sp³-hybridized carbons (Fsp3) is 0.375. The molecule has 2 aliphatic rings. The molecule has 25 heavy (non-hydrogen) atoms. The quantitative estimate of drug-likeness (QED) is 0.630. The summed E-state index contributed by atoms with van der Waals surface area (Å²) in [5.41, 5.74) is 0.900. The molecule has 0 saturated heterocycles. The molecule has 0 amide bonds. The minimum absolute atomic E-state index is 0.105. The second kappa shape index (κ2) is 6.08. The third-order valence-electron chi connectivity index (χ3n) is 4.07. The Labute approximate surface area is 143 Å². The summed E-state index contributed by atoms with van der Waals surface area (Å²) in [6, 6.07) is 5.98. The molecular weight excluding hydrogens is 326 g/mol. The first kappa shape index (κ1) is 15.4. The Hall–Kier alpha value is -3.10. The lowest BCUT2D eigenvalue weighted by Gasteiger charge is -2.18. The molecule has 130 valence electrons. The van der Waals surface area contributed by atoms with Gasteiger partial charge in [0.05, 0.1) is 4.92 Å². The van der Waals surface area contributed by atoms with Crippen LogP contribution in [0.1, 0.15) is 18.4 Å². The van der Waals surface area contributed by atoms with Gasteiger partial charge in [-0.25, -0.2) is 4.98 Å². The maximum absolute atomic E-state index is 11.2. The van der Waals surface area contributed by atoms with Crippen molar-refractivity contribution in [2.24, 2.45) is 0 Å². The van der Waals surface area contributed by atoms with E-state index >= 15 is 0 Å². The van der Waals surface area contributed by atoms with Crippen molar-refractivity contribution in [2.45, 2.75) is 25.4 Å². The lowest BCUT2D eigenvalue weighted by molar-refractivity contribution is -0.384. The Morgan fingerprint density at radius 1 is 1.36 bits per heavy atom. The number of fused-ring (bicyclic) bond motifs is 1. The van der Waals surface area contributed by atoms with Crippen molar-refractivity contribution < 1.29 is 14.4 Å². The van der Waals surface area contributed by atoms with E-state index in [4.69, 9.17) is 9.47 Å². The molecule has 2 heterocycles. The fourth-order valence-electron chi connectivity index (χ4n) is 2.59. The number of hydrogen-bond acceptors (Lipinski definition) is 8. The SMILES string of the molecule is CN(Cc1ccc2c(c1)OCO2)c1ncc([N+](=O)[O-])c(NC2CC2)n1. The van der Waals surface area contributed by atoms with Crippen LogP contribution in [0.4, 0.5) is 17.5 Å². The Kier molecular flexibility index (Phi) is 3.75. The topological polar surface area (TPSA) is 103 Å². The Morgan fingerprint density at radius 2 is 2.16 bits per heavy atom. The fourth-order valence-corrected chi connectivity index (χ4v) is 2.59. The average molecular weight is 343 g/mol. The highest BCUT2D eigenvalue weighted by Crippen LogP contribution is 2.33. The molecule has 0 radical (unpaired) electrons. The van der Waals surface area contributed by atoms with Gasteiger partial charge in [-0.1, -0.05) is 6.07 Å². The number of aromatic nitrogens is 2. The molecule has 1 aliphatic heterocycles. The molecule has 1 aromatic carbocycles. The number of ether oxygens (including phenoxy) is 2. The highest BCUT2D eigenvalue weighted by atomic mass is 16.7. The lowest BCUT2D eigenvalue weighted by atomic mass is 10.2. The van der Waals surface area contributed by atoms with Gasteiger partial charge in [-0.15, -0.1) is 0 Å². The molecule has 1 saturated carbocycles. The normalized spacial score (nSPS) is 15.1. The van der Waals surface area contributed by atoms with Crippen LogP contribution in [-0.2, 0) is 6.54 Å². The summed E-state index contributed by atoms with van der Waals surface area (Å²) < 4.78 is 10.7. The Morgan fingerprint density at radius 3 is 2.92 bits per heavy atom. The van der Waals surface area contributed by atoms with Crippen molar-refractivity contribution in [3.05, 3.63) is 40.1 Å². The third kappa shape index (κ3) is 3.25. The van der Waals surface area contributed by atoms with E-state index in [0.717, 1.165) is 24.2 Å². The summed E-state index contributed by atoms with van der Waals surface area (Å²) in [7, 11) is 1.84. The van der Waals surface area contributed by atoms with Crippen LogP contribution >= 0.6 is 0 Å². The first-order chi connectivity index (χ1) is 12.1. The highest BCUT2D eigenvalue weighted by molar-refractivity contribution is 5.58. The molecule has 9 heteroatoms. The first-order valence-electron chi connectivity index (χ1n) is 7.98. The second-order valence-electron chi connectivity index (χ2n) is 6.12. The number of nitrogens with zero attached hydrogens (tertiary/aromatic N) is 4. The van der Waals surface area contributed by atoms with Gasteiger partial charge >= 0.3 is 5.69 Å². The van der Waals surface area contributed by atoms with E-state index in [1.54, 1.807) is 0 Å². The molecule has 9 nitrogen and oxygen atoms in total. The standard InChI is InChI=1S/C16H17N5O4/c1-20(8-10-2-5-13-14(6-10)25-9-24-13)16-17-7-12(21(22)23)15(19-16)18-11-3-4-11/h2,5-7,11H,3-4,8-9H2,1H3,(H,17,18,19). The van der Waals surface area contributed by atoms with Gasteiger partial charge in [-0.2, -0.15) is 4.98 Å². The van der Waals surface area contributed by atoms with Gasteiger partial charge in [0.15, 0.2) is 11.5 Å². The largest absolute Gasteiger partial charge is 0.454 e. The van der Waals surface area contributed by atoms with Crippen LogP contribution in [-0.4, -0.2) is 34.8 Å². The smallest absolute Gasteiger partial charge is 0.329 e. The predicted molar refractivity (Wildman–Crippen MR) is 90.0 cm³/mol. The Bertz CT molecular complexity index is 824. The molecule has 0 spiro atoms. The van der Waals surface area contributed by atoms with Crippen LogP contribution in [0.15, 0.2) is 24.4 Å². The Balaban J connectivity index is 1.54. The molecule has 1 N–H and O–H groups in total. The van der Waals surface area contributed by atoms with Crippen molar-refractivity contribution in [1.82, 2.24) is 9.97 Å². The first-order valence-corrected chi connectivity index (χ1v) is 7.98. The van der Waals surface area contributed by atoms with Crippen LogP contribution in [0.5, 0.6) is 11.5 Å². The van der Waals surface area contributed by atoms with E-state index in [2.05, 4.69) is 15.3 Å². The average Bonchev–Trinajstić information content (AvgIpc) is 3.28. The number of rotatable bonds is 6. The van der Waals surface area contributed by atoms with Crippen LogP contribution < -0.4 is 19.7 Å². The van der Waals surface area contributed by atoms with Crippen molar-refractivity contribution >= 4 is 17.5 Å². The van der Waals surface area contributed by atoms with E-state index < -0.39 is 4.92 Å². The van der Waals surface area contributed by atoms with Gasteiger partial charge in [0.25, 0.3) is 0 Å². The summed E-state index contributed by atoms with van der Waals surface area (Å²) in [5, 5.41) is 14.3. The maximum Gasteiger partial charge on any atom is 0.329 e. The van der Waals surface area contributed by atoms with E-state index in [9.17, 15) is 10.1 Å². The monoisotopic (exact) mass is 343 g/mol. The molecule has 1 aromatic heterocycles. The van der Waals surface area contributed by atoms with E-state index in [0.29, 0.717) is 18.2 Å². The van der Waals surface area contributed by atoms with Crippen molar-refractivity contribution in [3.8, 4) is 11.5 Å². The van der Waals surface area contributed by atoms with Gasteiger partial charge < -0.3 is 19.7 Å². The molecule has 1 aliphatic carbocycles. The van der Waals surface area contributed by atoms with E-state index in [-0.39, 0.29) is 24.3 Å². The van der Waals surface area contributed by atoms with Crippen molar-refractivity contribution in [2.75, 3.05) is 24.1 Å². The summed E-state index contributed by atoms with van der Waals surface area (Å²) in [6.07, 6.45) is 3.26. The molecule has 0 unspecified atom stereocenters. The zero-order valence-corrected chi connectivity index (χ0v) is 13.6. The number of benzene rings is 1. The zero-order valence-electron chi connectivity index (χ0n) is 13.6. The van der Waals surface area contributed by atoms with Crippen LogP contribution in [0.25, 0.3) is 0 Å². The summed E-state index contributed by atoms with van der Waals surface area (Å²) in [5.74, 6) is 2.14. The van der Waals surface area contributed by atoms with Gasteiger partial charge in [-0.05, 0) is 30.5 Å². The minimum Gasteiger partial charge on any atom is -0.454 e. The van der Waals surface area contributed by atoms with Gasteiger partial charge in [0.2, 0.25) is 18.6 Å². The summed E-state index contributed by atoms with van der Waals surface area (Å²) in [4.78, 5) is 21.0. The van der Waals surface area contributed by atoms with Gasteiger partial charge in [-0.3, -0.25) is 10.1 Å². The van der Waals surface area contributed by atoms with Crippen LogP contribution in [0, 0.1) is 10.1 Å². The lowest BCUT2D eigenvalue weighted by Crippen LogP contribution is -2.20. The molecule has 4 rings (SSSR count). The van der Waals surface area contributed by atoms with Gasteiger partial charge in [0.1, 0.15) is 6.20 Å². The minimum atomic E-state index is -0.466. The molecule has 2 aromatic rings. The van der Waals surface area contributed by atoms with E-state index in [1.807, 2.05) is 30.1 Å². The molecule has 1 fully saturated rings. The highest BCUT2D eigenvalue weighted by Gasteiger charge is 2.27. The number of nitrogens with one attached hydrogen (secondary N) is 1. The van der Waals surface area contributed by atoms with Crippen LogP contribution in [0.2, 0.25) is 0 Å². The third-order valence-corrected chi connectivity index (χ3v) is 4.07. The predicted octanol–water partition coefficient (Wildman–Crippen LogP) is 2.32. The molecular formula is C16H17N5O4. The van der Waals surface area contributed by atoms with Crippen molar-refractivity contribution in [3.63, 3.8) is 0 Å². The summed E-state index contributed by atoms with van der Waals surface area (Å²) in [6.45, 7) is 0.771. The van der Waals surface area contributed by atoms with Crippen LogP contribution in [0.3, 0.4) is 0 Å². The summed E-state index contributed by atoms with van der Waals surface area (Å²) >= 11 is 0. The molecule has 0 bridgehead atoms. The number of anilines is 2. The molecule has 0 atom stereocenters. The van der Waals surface area contributed by atoms with Crippen molar-refractivity contribution in [1.29, 1.82) is 0 Å². The number of nitro groups is 1. The second-order valence-corrected chi connectivity index (χ2v) is 6.12. The maximum atomic E-state index is 11.2. The van der Waals surface area contributed by atoms with Gasteiger partial charge in [0, 0.05) is 19.6 Å².